The van der Waals surface area contributed by atoms with Crippen LogP contribution in [0, 0.1) is 29.8 Å². The molecule has 0 aliphatic rings. The zero-order chi connectivity index (χ0) is 21.8. The molecule has 0 radical (unpaired) electrons. The first-order valence-electron chi connectivity index (χ1n) is 8.67. The molecule has 0 saturated heterocycles. The number of halogens is 1. The van der Waals surface area contributed by atoms with Crippen LogP contribution in [0.4, 0.5) is 15.8 Å². The van der Waals surface area contributed by atoms with Crippen molar-refractivity contribution in [2.24, 2.45) is 0 Å². The largest absolute Gasteiger partial charge is 0.476 e. The predicted molar refractivity (Wildman–Crippen MR) is 103 cm³/mol. The Labute approximate surface area is 166 Å². The smallest absolute Gasteiger partial charge is 0.350 e. The van der Waals surface area contributed by atoms with Crippen LogP contribution in [0.15, 0.2) is 36.4 Å². The van der Waals surface area contributed by atoms with E-state index in [0.717, 1.165) is 5.56 Å². The van der Waals surface area contributed by atoms with Crippen molar-refractivity contribution in [3.05, 3.63) is 63.5 Å². The number of amides is 1. The maximum atomic E-state index is 13.0. The maximum absolute atomic E-state index is 13.0. The van der Waals surface area contributed by atoms with Gasteiger partial charge in [0.15, 0.2) is 12.2 Å². The highest BCUT2D eigenvalue weighted by Crippen LogP contribution is 2.28. The van der Waals surface area contributed by atoms with Crippen molar-refractivity contribution in [1.82, 2.24) is 0 Å². The van der Waals surface area contributed by atoms with Gasteiger partial charge in [-0.1, -0.05) is 0 Å². The van der Waals surface area contributed by atoms with Gasteiger partial charge < -0.3 is 14.8 Å². The highest BCUT2D eigenvalue weighted by molar-refractivity contribution is 5.95. The molecule has 0 heterocycles. The van der Waals surface area contributed by atoms with E-state index in [0.29, 0.717) is 5.56 Å². The van der Waals surface area contributed by atoms with E-state index in [-0.39, 0.29) is 17.1 Å². The highest BCUT2D eigenvalue weighted by Gasteiger charge is 2.32. The zero-order valence-electron chi connectivity index (χ0n) is 16.4. The molecule has 1 amide bonds. The number of esters is 1. The van der Waals surface area contributed by atoms with Gasteiger partial charge in [0.25, 0.3) is 11.6 Å². The second-order valence-electron chi connectivity index (χ2n) is 6.90. The molecule has 0 bridgehead atoms. The monoisotopic (exact) mass is 404 g/mol. The molecule has 2 rings (SSSR count). The lowest BCUT2D eigenvalue weighted by Gasteiger charge is -2.24. The SMILES string of the molecule is Cc1cc(NC(=O)COC(=O)C(C)(C)Oc2ccc(F)cc2)c([N+](=O)[O-])cc1C. The number of hydrogen-bond acceptors (Lipinski definition) is 6. The molecule has 0 atom stereocenters. The van der Waals surface area contributed by atoms with Crippen molar-refractivity contribution in [3.8, 4) is 5.75 Å². The first kappa shape index (κ1) is 21.8. The number of carbonyl (C=O) groups excluding carboxylic acids is 2. The van der Waals surface area contributed by atoms with Crippen LogP contribution in [0.1, 0.15) is 25.0 Å². The number of anilines is 1. The Morgan fingerprint density at radius 3 is 2.31 bits per heavy atom. The van der Waals surface area contributed by atoms with Crippen LogP contribution in [0.25, 0.3) is 0 Å². The average Bonchev–Trinajstić information content (AvgIpc) is 2.64. The molecular formula is C20H21FN2O6. The Bertz CT molecular complexity index is 941. The van der Waals surface area contributed by atoms with Gasteiger partial charge in [-0.25, -0.2) is 9.18 Å². The Balaban J connectivity index is 1.99. The van der Waals surface area contributed by atoms with Crippen molar-refractivity contribution < 1.29 is 28.4 Å². The van der Waals surface area contributed by atoms with Crippen molar-refractivity contribution in [3.63, 3.8) is 0 Å². The van der Waals surface area contributed by atoms with E-state index in [1.807, 2.05) is 0 Å². The van der Waals surface area contributed by atoms with E-state index in [2.05, 4.69) is 5.32 Å². The molecule has 0 aliphatic carbocycles. The quantitative estimate of drug-likeness (QED) is 0.428. The summed E-state index contributed by atoms with van der Waals surface area (Å²) in [5.74, 6) is -1.76. The van der Waals surface area contributed by atoms with Gasteiger partial charge in [-0.05, 0) is 69.2 Å². The summed E-state index contributed by atoms with van der Waals surface area (Å²) in [6.45, 7) is 5.69. The molecule has 0 aliphatic heterocycles. The van der Waals surface area contributed by atoms with Crippen LogP contribution in [-0.4, -0.2) is 29.0 Å². The van der Waals surface area contributed by atoms with Crippen molar-refractivity contribution in [1.29, 1.82) is 0 Å². The standard InChI is InChI=1S/C20H21FN2O6/c1-12-9-16(17(23(26)27)10-13(12)2)22-18(24)11-28-19(25)20(3,4)29-15-7-5-14(21)6-8-15/h5-10H,11H2,1-4H3,(H,22,24). The van der Waals surface area contributed by atoms with E-state index < -0.39 is 34.8 Å². The number of carbonyl (C=O) groups is 2. The number of rotatable bonds is 7. The fraction of sp³-hybridized carbons (Fsp3) is 0.300. The van der Waals surface area contributed by atoms with Gasteiger partial charge in [-0.15, -0.1) is 0 Å². The lowest BCUT2D eigenvalue weighted by atomic mass is 10.1. The summed E-state index contributed by atoms with van der Waals surface area (Å²) >= 11 is 0. The Morgan fingerprint density at radius 1 is 1.14 bits per heavy atom. The average molecular weight is 404 g/mol. The highest BCUT2D eigenvalue weighted by atomic mass is 19.1. The molecule has 0 aromatic heterocycles. The van der Waals surface area contributed by atoms with Gasteiger partial charge in [0.05, 0.1) is 4.92 Å². The predicted octanol–water partition coefficient (Wildman–Crippen LogP) is 3.69. The number of nitro benzene ring substituents is 1. The van der Waals surface area contributed by atoms with Crippen LogP contribution < -0.4 is 10.1 Å². The third-order valence-electron chi connectivity index (χ3n) is 4.10. The van der Waals surface area contributed by atoms with E-state index >= 15 is 0 Å². The van der Waals surface area contributed by atoms with Crippen molar-refractivity contribution in [2.75, 3.05) is 11.9 Å². The Morgan fingerprint density at radius 2 is 1.72 bits per heavy atom. The minimum atomic E-state index is -1.44. The Kier molecular flexibility index (Phi) is 6.53. The molecule has 0 fully saturated rings. The summed E-state index contributed by atoms with van der Waals surface area (Å²) in [4.78, 5) is 35.0. The Hall–Kier alpha value is -3.49. The number of hydrogen-bond donors (Lipinski definition) is 1. The van der Waals surface area contributed by atoms with E-state index in [1.165, 1.54) is 50.2 Å². The van der Waals surface area contributed by atoms with Crippen LogP contribution >= 0.6 is 0 Å². The fourth-order valence-electron chi connectivity index (χ4n) is 2.38. The summed E-state index contributed by atoms with van der Waals surface area (Å²) in [7, 11) is 0. The van der Waals surface area contributed by atoms with E-state index in [4.69, 9.17) is 9.47 Å². The van der Waals surface area contributed by atoms with Crippen LogP contribution in [0.2, 0.25) is 0 Å². The van der Waals surface area contributed by atoms with Gasteiger partial charge in [0.1, 0.15) is 17.3 Å². The van der Waals surface area contributed by atoms with Gasteiger partial charge >= 0.3 is 5.97 Å². The number of nitrogens with zero attached hydrogens (tertiary/aromatic N) is 1. The number of aryl methyl sites for hydroxylation is 2. The third kappa shape index (κ3) is 5.74. The molecule has 2 aromatic carbocycles. The molecule has 0 spiro atoms. The molecule has 154 valence electrons. The second kappa shape index (κ2) is 8.68. The van der Waals surface area contributed by atoms with Crippen molar-refractivity contribution >= 4 is 23.3 Å². The second-order valence-corrected chi connectivity index (χ2v) is 6.90. The summed E-state index contributed by atoms with van der Waals surface area (Å²) in [6.07, 6.45) is 0. The first-order chi connectivity index (χ1) is 13.5. The lowest BCUT2D eigenvalue weighted by molar-refractivity contribution is -0.384. The summed E-state index contributed by atoms with van der Waals surface area (Å²) in [5.41, 5.74) is -0.212. The van der Waals surface area contributed by atoms with Gasteiger partial charge in [-0.3, -0.25) is 14.9 Å². The fourth-order valence-corrected chi connectivity index (χ4v) is 2.38. The number of nitrogens with one attached hydrogen (secondary N) is 1. The normalized spacial score (nSPS) is 10.9. The lowest BCUT2D eigenvalue weighted by Crippen LogP contribution is -2.41. The zero-order valence-corrected chi connectivity index (χ0v) is 16.4. The molecule has 0 saturated carbocycles. The van der Waals surface area contributed by atoms with E-state index in [1.54, 1.807) is 13.8 Å². The third-order valence-corrected chi connectivity index (χ3v) is 4.10. The number of ether oxygens (including phenoxy) is 2. The summed E-state index contributed by atoms with van der Waals surface area (Å²) in [6, 6.07) is 7.92. The number of nitro groups is 1. The van der Waals surface area contributed by atoms with Gasteiger partial charge in [-0.2, -0.15) is 0 Å². The summed E-state index contributed by atoms with van der Waals surface area (Å²) in [5, 5.41) is 13.6. The molecule has 1 N–H and O–H groups in total. The molecule has 0 unspecified atom stereocenters. The molecule has 29 heavy (non-hydrogen) atoms. The minimum Gasteiger partial charge on any atom is -0.476 e. The summed E-state index contributed by atoms with van der Waals surface area (Å²) < 4.78 is 23.4. The molecule has 8 nitrogen and oxygen atoms in total. The molecular weight excluding hydrogens is 383 g/mol. The minimum absolute atomic E-state index is 0.0148. The molecule has 9 heteroatoms. The van der Waals surface area contributed by atoms with Crippen LogP contribution in [0.5, 0.6) is 5.75 Å². The molecule has 2 aromatic rings. The maximum Gasteiger partial charge on any atom is 0.350 e. The van der Waals surface area contributed by atoms with E-state index in [9.17, 15) is 24.1 Å². The van der Waals surface area contributed by atoms with Gasteiger partial charge in [0.2, 0.25) is 0 Å². The topological polar surface area (TPSA) is 108 Å². The van der Waals surface area contributed by atoms with Crippen molar-refractivity contribution in [2.45, 2.75) is 33.3 Å². The first-order valence-corrected chi connectivity index (χ1v) is 8.67. The van der Waals surface area contributed by atoms with Crippen LogP contribution in [0.3, 0.4) is 0 Å². The van der Waals surface area contributed by atoms with Gasteiger partial charge in [0, 0.05) is 6.07 Å². The van der Waals surface area contributed by atoms with Crippen LogP contribution in [-0.2, 0) is 14.3 Å². The number of benzene rings is 2.